The first-order chi connectivity index (χ1) is 16.4. The molecule has 1 saturated heterocycles. The van der Waals surface area contributed by atoms with E-state index in [4.69, 9.17) is 14.2 Å². The van der Waals surface area contributed by atoms with Crippen LogP contribution in [0.15, 0.2) is 72.8 Å². The molecule has 1 amide bonds. The van der Waals surface area contributed by atoms with E-state index in [-0.39, 0.29) is 31.3 Å². The van der Waals surface area contributed by atoms with Crippen LogP contribution in [0, 0.1) is 12.8 Å². The van der Waals surface area contributed by atoms with E-state index in [0.717, 1.165) is 5.56 Å². The summed E-state index contributed by atoms with van der Waals surface area (Å²) in [6.45, 7) is 1.78. The minimum Gasteiger partial charge on any atom is -0.493 e. The van der Waals surface area contributed by atoms with Crippen molar-refractivity contribution in [2.24, 2.45) is 5.92 Å². The Morgan fingerprint density at radius 3 is 2.29 bits per heavy atom. The number of carbonyl (C=O) groups is 3. The predicted molar refractivity (Wildman–Crippen MR) is 126 cm³/mol. The molecule has 0 spiro atoms. The Morgan fingerprint density at radius 2 is 1.62 bits per heavy atom. The van der Waals surface area contributed by atoms with Crippen LogP contribution in [0.2, 0.25) is 0 Å². The number of nitrogens with zero attached hydrogens (tertiary/aromatic N) is 1. The number of hydrogen-bond acceptors (Lipinski definition) is 6. The second kappa shape index (κ2) is 10.2. The number of ether oxygens (including phenoxy) is 3. The molecule has 1 fully saturated rings. The minimum absolute atomic E-state index is 0.0387. The van der Waals surface area contributed by atoms with Crippen LogP contribution >= 0.6 is 0 Å². The van der Waals surface area contributed by atoms with Crippen molar-refractivity contribution in [3.05, 3.63) is 83.9 Å². The van der Waals surface area contributed by atoms with Gasteiger partial charge < -0.3 is 19.1 Å². The van der Waals surface area contributed by atoms with Crippen molar-refractivity contribution in [3.8, 4) is 17.2 Å². The monoisotopic (exact) mass is 459 g/mol. The summed E-state index contributed by atoms with van der Waals surface area (Å²) in [4.78, 5) is 38.8. The molecule has 0 saturated carbocycles. The Labute approximate surface area is 197 Å². The molecule has 1 unspecified atom stereocenters. The highest BCUT2D eigenvalue weighted by Gasteiger charge is 2.36. The molecule has 0 radical (unpaired) electrons. The molecular formula is C27H25NO6. The minimum atomic E-state index is -0.622. The fourth-order valence-corrected chi connectivity index (χ4v) is 3.72. The van der Waals surface area contributed by atoms with Gasteiger partial charge in [-0.1, -0.05) is 42.0 Å². The predicted octanol–water partition coefficient (Wildman–Crippen LogP) is 4.57. The van der Waals surface area contributed by atoms with Crippen molar-refractivity contribution in [1.29, 1.82) is 0 Å². The number of anilines is 1. The first-order valence-corrected chi connectivity index (χ1v) is 10.9. The van der Waals surface area contributed by atoms with Gasteiger partial charge in [-0.3, -0.25) is 14.4 Å². The zero-order valence-corrected chi connectivity index (χ0v) is 19.0. The Balaban J connectivity index is 1.34. The van der Waals surface area contributed by atoms with Crippen molar-refractivity contribution in [2.45, 2.75) is 13.3 Å². The van der Waals surface area contributed by atoms with Crippen molar-refractivity contribution in [1.82, 2.24) is 0 Å². The third-order valence-corrected chi connectivity index (χ3v) is 5.62. The average molecular weight is 459 g/mol. The van der Waals surface area contributed by atoms with Gasteiger partial charge in [0.25, 0.3) is 0 Å². The van der Waals surface area contributed by atoms with Gasteiger partial charge in [-0.15, -0.1) is 0 Å². The highest BCUT2D eigenvalue weighted by atomic mass is 16.5. The highest BCUT2D eigenvalue weighted by Crippen LogP contribution is 2.33. The summed E-state index contributed by atoms with van der Waals surface area (Å²) in [5.74, 6) is 0.160. The van der Waals surface area contributed by atoms with Crippen LogP contribution in [0.3, 0.4) is 0 Å². The number of rotatable bonds is 8. The third-order valence-electron chi connectivity index (χ3n) is 5.62. The Bertz CT molecular complexity index is 1190. The number of ketones is 1. The lowest BCUT2D eigenvalue weighted by atomic mass is 10.1. The molecule has 7 heteroatoms. The van der Waals surface area contributed by atoms with Crippen LogP contribution < -0.4 is 14.4 Å². The molecule has 3 aromatic rings. The van der Waals surface area contributed by atoms with Gasteiger partial charge in [0.15, 0.2) is 23.9 Å². The number of hydrogen-bond donors (Lipinski definition) is 0. The summed E-state index contributed by atoms with van der Waals surface area (Å²) in [7, 11) is 1.57. The summed E-state index contributed by atoms with van der Waals surface area (Å²) >= 11 is 0. The van der Waals surface area contributed by atoms with E-state index in [9.17, 15) is 14.4 Å². The fraction of sp³-hybridized carbons (Fsp3) is 0.222. The largest absolute Gasteiger partial charge is 0.493 e. The van der Waals surface area contributed by atoms with Gasteiger partial charge in [0.2, 0.25) is 5.91 Å². The van der Waals surface area contributed by atoms with Crippen molar-refractivity contribution in [3.63, 3.8) is 0 Å². The van der Waals surface area contributed by atoms with E-state index in [1.807, 2.05) is 31.2 Å². The first-order valence-electron chi connectivity index (χ1n) is 10.9. The summed E-state index contributed by atoms with van der Waals surface area (Å²) in [6.07, 6.45) is 0.0387. The number of carbonyl (C=O) groups excluding carboxylic acids is 3. The van der Waals surface area contributed by atoms with Crippen molar-refractivity contribution < 1.29 is 28.6 Å². The zero-order chi connectivity index (χ0) is 24.1. The van der Waals surface area contributed by atoms with Crippen LogP contribution in [-0.2, 0) is 14.3 Å². The lowest BCUT2D eigenvalue weighted by molar-refractivity contribution is -0.147. The van der Waals surface area contributed by atoms with Crippen LogP contribution in [0.25, 0.3) is 0 Å². The van der Waals surface area contributed by atoms with Gasteiger partial charge in [-0.2, -0.15) is 0 Å². The maximum Gasteiger partial charge on any atom is 0.311 e. The standard InChI is InChI=1S/C27H25NO6/c1-18-7-9-19(10-8-18)23(29)17-33-27(31)20-15-26(30)28(16-20)21-11-13-22(14-12-21)34-25-6-4-3-5-24(25)32-2/h3-14,20H,15-17H2,1-2H3. The van der Waals surface area contributed by atoms with Gasteiger partial charge in [0.05, 0.1) is 13.0 Å². The lowest BCUT2D eigenvalue weighted by Crippen LogP contribution is -2.27. The maximum atomic E-state index is 12.5. The second-order valence-electron chi connectivity index (χ2n) is 8.05. The number of amides is 1. The molecule has 7 nitrogen and oxygen atoms in total. The van der Waals surface area contributed by atoms with Crippen LogP contribution in [-0.4, -0.2) is 37.9 Å². The molecule has 0 aromatic heterocycles. The molecule has 1 atom stereocenters. The van der Waals surface area contributed by atoms with Crippen LogP contribution in [0.4, 0.5) is 5.69 Å². The molecule has 0 N–H and O–H groups in total. The maximum absolute atomic E-state index is 12.5. The number of methoxy groups -OCH3 is 1. The molecule has 34 heavy (non-hydrogen) atoms. The number of esters is 1. The Hall–Kier alpha value is -4.13. The Kier molecular flexibility index (Phi) is 6.92. The average Bonchev–Trinajstić information content (AvgIpc) is 3.25. The number of aryl methyl sites for hydroxylation is 1. The van der Waals surface area contributed by atoms with Crippen LogP contribution in [0.1, 0.15) is 22.3 Å². The highest BCUT2D eigenvalue weighted by molar-refractivity contribution is 6.01. The van der Waals surface area contributed by atoms with Gasteiger partial charge >= 0.3 is 5.97 Å². The molecular weight excluding hydrogens is 434 g/mol. The van der Waals surface area contributed by atoms with Crippen molar-refractivity contribution >= 4 is 23.3 Å². The second-order valence-corrected chi connectivity index (χ2v) is 8.05. The van der Waals surface area contributed by atoms with Gasteiger partial charge in [0, 0.05) is 24.2 Å². The fourth-order valence-electron chi connectivity index (χ4n) is 3.72. The van der Waals surface area contributed by atoms with Crippen LogP contribution in [0.5, 0.6) is 17.2 Å². The molecule has 1 aliphatic heterocycles. The summed E-state index contributed by atoms with van der Waals surface area (Å²) < 4.78 is 16.4. The number of para-hydroxylation sites is 2. The van der Waals surface area contributed by atoms with E-state index >= 15 is 0 Å². The van der Waals surface area contributed by atoms with Gasteiger partial charge in [-0.25, -0.2) is 0 Å². The Morgan fingerprint density at radius 1 is 0.941 bits per heavy atom. The summed E-state index contributed by atoms with van der Waals surface area (Å²) in [5.41, 5.74) is 2.18. The van der Waals surface area contributed by atoms with Crippen molar-refractivity contribution in [2.75, 3.05) is 25.2 Å². The molecule has 1 aliphatic rings. The normalized spacial score (nSPS) is 15.2. The van der Waals surface area contributed by atoms with E-state index in [2.05, 4.69) is 0 Å². The van der Waals surface area contributed by atoms with Gasteiger partial charge in [0.1, 0.15) is 5.75 Å². The van der Waals surface area contributed by atoms with E-state index in [0.29, 0.717) is 28.5 Å². The number of benzene rings is 3. The molecule has 1 heterocycles. The molecule has 3 aromatic carbocycles. The lowest BCUT2D eigenvalue weighted by Gasteiger charge is -2.17. The molecule has 0 aliphatic carbocycles. The zero-order valence-electron chi connectivity index (χ0n) is 19.0. The molecule has 0 bridgehead atoms. The molecule has 4 rings (SSSR count). The number of Topliss-reactive ketones (excluding diaryl/α,β-unsaturated/α-hetero) is 1. The first kappa shape index (κ1) is 23.0. The van der Waals surface area contributed by atoms with Gasteiger partial charge in [-0.05, 0) is 43.3 Å². The summed E-state index contributed by atoms with van der Waals surface area (Å²) in [5, 5.41) is 0. The molecule has 174 valence electrons. The summed E-state index contributed by atoms with van der Waals surface area (Å²) in [6, 6.07) is 21.4. The SMILES string of the molecule is COc1ccccc1Oc1ccc(N2CC(C(=O)OCC(=O)c3ccc(C)cc3)CC2=O)cc1. The third kappa shape index (κ3) is 5.26. The van der Waals surface area contributed by atoms with E-state index < -0.39 is 11.9 Å². The quantitative estimate of drug-likeness (QED) is 0.362. The van der Waals surface area contributed by atoms with E-state index in [1.165, 1.54) is 0 Å². The van der Waals surface area contributed by atoms with E-state index in [1.54, 1.807) is 60.5 Å². The topological polar surface area (TPSA) is 82.1 Å². The smallest absolute Gasteiger partial charge is 0.311 e.